The Bertz CT molecular complexity index is 848. The van der Waals surface area contributed by atoms with E-state index in [2.05, 4.69) is 0 Å². The van der Waals surface area contributed by atoms with Gasteiger partial charge in [0.15, 0.2) is 6.10 Å². The Labute approximate surface area is 175 Å². The lowest BCUT2D eigenvalue weighted by Crippen LogP contribution is -2.46. The molecule has 4 rings (SSSR count). The SMILES string of the molecule is C[C@H]1Oc2ccccc2N(CCC(=O)N(Cc2cccs2)C[C@H]2CCCO2)C1=O. The minimum atomic E-state index is -0.547. The molecule has 0 N–H and O–H groups in total. The number of hydrogen-bond acceptors (Lipinski definition) is 5. The average Bonchev–Trinajstić information content (AvgIpc) is 3.42. The second-order valence-electron chi connectivity index (χ2n) is 7.46. The molecule has 1 fully saturated rings. The molecular weight excluding hydrogens is 388 g/mol. The quantitative estimate of drug-likeness (QED) is 0.696. The van der Waals surface area contributed by atoms with Crippen molar-refractivity contribution in [1.82, 2.24) is 4.90 Å². The fourth-order valence-corrected chi connectivity index (χ4v) is 4.55. The number of amides is 2. The summed E-state index contributed by atoms with van der Waals surface area (Å²) in [5.74, 6) is 0.612. The minimum Gasteiger partial charge on any atom is -0.479 e. The van der Waals surface area contributed by atoms with E-state index in [9.17, 15) is 9.59 Å². The van der Waals surface area contributed by atoms with Crippen molar-refractivity contribution in [2.24, 2.45) is 0 Å². The monoisotopic (exact) mass is 414 g/mol. The highest BCUT2D eigenvalue weighted by molar-refractivity contribution is 7.09. The predicted molar refractivity (Wildman–Crippen MR) is 112 cm³/mol. The Kier molecular flexibility index (Phi) is 6.16. The van der Waals surface area contributed by atoms with Crippen LogP contribution in [0.5, 0.6) is 5.75 Å². The van der Waals surface area contributed by atoms with Crippen LogP contribution in [0.1, 0.15) is 31.1 Å². The number of para-hydroxylation sites is 2. The maximum Gasteiger partial charge on any atom is 0.267 e. The number of thiophene rings is 1. The lowest BCUT2D eigenvalue weighted by Gasteiger charge is -2.33. The van der Waals surface area contributed by atoms with Crippen LogP contribution in [0.4, 0.5) is 5.69 Å². The maximum atomic E-state index is 13.1. The summed E-state index contributed by atoms with van der Waals surface area (Å²) >= 11 is 1.65. The highest BCUT2D eigenvalue weighted by Crippen LogP contribution is 2.33. The molecule has 3 heterocycles. The minimum absolute atomic E-state index is 0.0401. The molecule has 7 heteroatoms. The number of anilines is 1. The van der Waals surface area contributed by atoms with E-state index in [-0.39, 0.29) is 24.3 Å². The van der Waals surface area contributed by atoms with E-state index in [0.29, 0.717) is 25.4 Å². The summed E-state index contributed by atoms with van der Waals surface area (Å²) in [7, 11) is 0. The van der Waals surface area contributed by atoms with Crippen LogP contribution >= 0.6 is 11.3 Å². The number of benzene rings is 1. The number of ether oxygens (including phenoxy) is 2. The van der Waals surface area contributed by atoms with Gasteiger partial charge in [-0.25, -0.2) is 0 Å². The number of fused-ring (bicyclic) bond motifs is 1. The average molecular weight is 415 g/mol. The van der Waals surface area contributed by atoms with Crippen LogP contribution in [0, 0.1) is 0 Å². The molecule has 2 aromatic rings. The third kappa shape index (κ3) is 4.62. The number of carbonyl (C=O) groups is 2. The van der Waals surface area contributed by atoms with Gasteiger partial charge in [0, 0.05) is 31.0 Å². The summed E-state index contributed by atoms with van der Waals surface area (Å²) in [6.45, 7) is 4.03. The summed E-state index contributed by atoms with van der Waals surface area (Å²) in [5.41, 5.74) is 0.729. The Morgan fingerprint density at radius 3 is 2.90 bits per heavy atom. The largest absolute Gasteiger partial charge is 0.479 e. The van der Waals surface area contributed by atoms with Gasteiger partial charge in [-0.05, 0) is 43.3 Å². The molecule has 29 heavy (non-hydrogen) atoms. The third-order valence-electron chi connectivity index (χ3n) is 5.35. The molecule has 2 amide bonds. The summed E-state index contributed by atoms with van der Waals surface area (Å²) in [6.07, 6.45) is 1.85. The van der Waals surface area contributed by atoms with Crippen LogP contribution in [0.2, 0.25) is 0 Å². The van der Waals surface area contributed by atoms with Crippen molar-refractivity contribution in [2.45, 2.75) is 44.9 Å². The lowest BCUT2D eigenvalue weighted by molar-refractivity contribution is -0.133. The third-order valence-corrected chi connectivity index (χ3v) is 6.21. The Balaban J connectivity index is 1.45. The van der Waals surface area contributed by atoms with Gasteiger partial charge in [-0.1, -0.05) is 18.2 Å². The summed E-state index contributed by atoms with van der Waals surface area (Å²) < 4.78 is 11.4. The summed E-state index contributed by atoms with van der Waals surface area (Å²) in [5, 5.41) is 2.02. The van der Waals surface area contributed by atoms with Crippen molar-refractivity contribution < 1.29 is 19.1 Å². The van der Waals surface area contributed by atoms with Crippen molar-refractivity contribution in [2.75, 3.05) is 24.6 Å². The molecule has 2 aliphatic heterocycles. The number of rotatable bonds is 7. The second-order valence-corrected chi connectivity index (χ2v) is 8.49. The molecule has 0 saturated carbocycles. The second kappa shape index (κ2) is 8.97. The smallest absolute Gasteiger partial charge is 0.267 e. The Morgan fingerprint density at radius 1 is 1.28 bits per heavy atom. The van der Waals surface area contributed by atoms with Crippen LogP contribution in [0.15, 0.2) is 41.8 Å². The molecule has 2 aliphatic rings. The maximum absolute atomic E-state index is 13.1. The number of carbonyl (C=O) groups excluding carboxylic acids is 2. The van der Waals surface area contributed by atoms with E-state index >= 15 is 0 Å². The van der Waals surface area contributed by atoms with E-state index in [4.69, 9.17) is 9.47 Å². The van der Waals surface area contributed by atoms with Crippen molar-refractivity contribution in [3.63, 3.8) is 0 Å². The van der Waals surface area contributed by atoms with Crippen LogP contribution in [0.3, 0.4) is 0 Å². The standard InChI is InChI=1S/C22H26N2O4S/c1-16-22(26)24(19-8-2-3-9-20(19)28-16)11-10-21(25)23(14-17-6-4-12-27-17)15-18-7-5-13-29-18/h2-3,5,7-9,13,16-17H,4,6,10-12,14-15H2,1H3/t16-,17-/m1/s1. The molecule has 0 unspecified atom stereocenters. The van der Waals surface area contributed by atoms with Crippen LogP contribution in [-0.4, -0.2) is 48.6 Å². The van der Waals surface area contributed by atoms with Gasteiger partial charge in [0.05, 0.1) is 18.3 Å². The van der Waals surface area contributed by atoms with E-state index in [1.54, 1.807) is 23.2 Å². The van der Waals surface area contributed by atoms with Crippen LogP contribution in [0.25, 0.3) is 0 Å². The lowest BCUT2D eigenvalue weighted by atomic mass is 10.1. The first kappa shape index (κ1) is 19.9. The number of hydrogen-bond donors (Lipinski definition) is 0. The van der Waals surface area contributed by atoms with Crippen LogP contribution < -0.4 is 9.64 Å². The van der Waals surface area contributed by atoms with Gasteiger partial charge in [-0.15, -0.1) is 11.3 Å². The van der Waals surface area contributed by atoms with Crippen LogP contribution in [-0.2, 0) is 20.9 Å². The zero-order chi connectivity index (χ0) is 20.2. The Hall–Kier alpha value is -2.38. The fourth-order valence-electron chi connectivity index (χ4n) is 3.83. The van der Waals surface area contributed by atoms with Gasteiger partial charge in [-0.2, -0.15) is 0 Å². The molecule has 1 aromatic heterocycles. The summed E-state index contributed by atoms with van der Waals surface area (Å²) in [4.78, 5) is 30.5. The molecule has 6 nitrogen and oxygen atoms in total. The molecule has 0 spiro atoms. The predicted octanol–water partition coefficient (Wildman–Crippen LogP) is 3.46. The fraction of sp³-hybridized carbons (Fsp3) is 0.455. The molecule has 2 atom stereocenters. The molecule has 0 radical (unpaired) electrons. The van der Waals surface area contributed by atoms with Gasteiger partial charge in [0.25, 0.3) is 5.91 Å². The van der Waals surface area contributed by atoms with Gasteiger partial charge in [0.1, 0.15) is 5.75 Å². The normalized spacial score (nSPS) is 21.0. The molecule has 154 valence electrons. The zero-order valence-corrected chi connectivity index (χ0v) is 17.4. The topological polar surface area (TPSA) is 59.1 Å². The molecule has 1 aromatic carbocycles. The molecular formula is C22H26N2O4S. The van der Waals surface area contributed by atoms with Crippen molar-refractivity contribution >= 4 is 28.8 Å². The van der Waals surface area contributed by atoms with E-state index in [1.165, 1.54) is 0 Å². The molecule has 1 saturated heterocycles. The van der Waals surface area contributed by atoms with Gasteiger partial charge in [0.2, 0.25) is 5.91 Å². The van der Waals surface area contributed by atoms with Crippen molar-refractivity contribution in [3.8, 4) is 5.75 Å². The van der Waals surface area contributed by atoms with E-state index in [0.717, 1.165) is 30.0 Å². The number of nitrogens with zero attached hydrogens (tertiary/aromatic N) is 2. The van der Waals surface area contributed by atoms with E-state index in [1.807, 2.05) is 46.7 Å². The highest BCUT2D eigenvalue weighted by Gasteiger charge is 2.32. The highest BCUT2D eigenvalue weighted by atomic mass is 32.1. The van der Waals surface area contributed by atoms with E-state index < -0.39 is 6.10 Å². The molecule has 0 bridgehead atoms. The molecule has 0 aliphatic carbocycles. The summed E-state index contributed by atoms with van der Waals surface area (Å²) in [6, 6.07) is 11.5. The first-order valence-electron chi connectivity index (χ1n) is 10.1. The van der Waals surface area contributed by atoms with Crippen molar-refractivity contribution in [1.29, 1.82) is 0 Å². The first-order chi connectivity index (χ1) is 14.1. The first-order valence-corrected chi connectivity index (χ1v) is 11.0. The van der Waals surface area contributed by atoms with Gasteiger partial charge < -0.3 is 19.3 Å². The van der Waals surface area contributed by atoms with Crippen molar-refractivity contribution in [3.05, 3.63) is 46.7 Å². The Morgan fingerprint density at radius 2 is 2.14 bits per heavy atom. The van der Waals surface area contributed by atoms with Gasteiger partial charge in [-0.3, -0.25) is 9.59 Å². The van der Waals surface area contributed by atoms with Gasteiger partial charge >= 0.3 is 0 Å². The zero-order valence-electron chi connectivity index (χ0n) is 16.6.